The van der Waals surface area contributed by atoms with E-state index in [-0.39, 0.29) is 0 Å². The highest BCUT2D eigenvalue weighted by Crippen LogP contribution is 2.20. The van der Waals surface area contributed by atoms with Crippen LogP contribution in [-0.4, -0.2) is 17.0 Å². The summed E-state index contributed by atoms with van der Waals surface area (Å²) in [5, 5.41) is 5.00. The molecule has 0 bridgehead atoms. The van der Waals surface area contributed by atoms with Gasteiger partial charge in [-0.1, -0.05) is 6.07 Å². The van der Waals surface area contributed by atoms with E-state index in [0.717, 1.165) is 16.4 Å². The van der Waals surface area contributed by atoms with Crippen molar-refractivity contribution >= 4 is 17.0 Å². The van der Waals surface area contributed by atoms with Crippen molar-refractivity contribution in [1.82, 2.24) is 9.97 Å². The maximum atomic E-state index is 4.23. The lowest BCUT2D eigenvalue weighted by Crippen LogP contribution is -1.92. The molecule has 4 heteroatoms. The molecular weight excluding hydrogens is 182 g/mol. The average molecular weight is 191 g/mol. The van der Waals surface area contributed by atoms with Crippen LogP contribution in [0.25, 0.3) is 10.7 Å². The first kappa shape index (κ1) is 8.19. The van der Waals surface area contributed by atoms with Crippen molar-refractivity contribution in [2.75, 3.05) is 12.4 Å². The quantitative estimate of drug-likeness (QED) is 0.791. The zero-order valence-electron chi connectivity index (χ0n) is 7.19. The van der Waals surface area contributed by atoms with E-state index in [1.165, 1.54) is 0 Å². The molecule has 0 atom stereocenters. The van der Waals surface area contributed by atoms with E-state index in [1.807, 2.05) is 24.6 Å². The molecule has 3 nitrogen and oxygen atoms in total. The first-order chi connectivity index (χ1) is 6.40. The highest BCUT2D eigenvalue weighted by Gasteiger charge is 2.00. The Morgan fingerprint density at radius 3 is 2.62 bits per heavy atom. The van der Waals surface area contributed by atoms with Gasteiger partial charge in [-0.25, -0.2) is 9.97 Å². The van der Waals surface area contributed by atoms with E-state index < -0.39 is 0 Å². The lowest BCUT2D eigenvalue weighted by Gasteiger charge is -1.98. The summed E-state index contributed by atoms with van der Waals surface area (Å²) in [6.45, 7) is 0. The number of hydrogen-bond acceptors (Lipinski definition) is 4. The minimum Gasteiger partial charge on any atom is -0.386 e. The van der Waals surface area contributed by atoms with Crippen LogP contribution in [0.1, 0.15) is 0 Å². The molecule has 0 aliphatic heterocycles. The SMILES string of the molecule is CNc1cnc(-c2cccs2)nc1. The van der Waals surface area contributed by atoms with E-state index in [4.69, 9.17) is 0 Å². The highest BCUT2D eigenvalue weighted by atomic mass is 32.1. The molecule has 2 heterocycles. The van der Waals surface area contributed by atoms with Gasteiger partial charge in [0.2, 0.25) is 0 Å². The summed E-state index contributed by atoms with van der Waals surface area (Å²) in [7, 11) is 1.85. The summed E-state index contributed by atoms with van der Waals surface area (Å²) in [6, 6.07) is 4.01. The Hall–Kier alpha value is -1.42. The fraction of sp³-hybridized carbons (Fsp3) is 0.111. The highest BCUT2D eigenvalue weighted by molar-refractivity contribution is 7.13. The summed E-state index contributed by atoms with van der Waals surface area (Å²) >= 11 is 1.64. The Balaban J connectivity index is 2.33. The van der Waals surface area contributed by atoms with Gasteiger partial charge in [-0.3, -0.25) is 0 Å². The smallest absolute Gasteiger partial charge is 0.169 e. The van der Waals surface area contributed by atoms with Crippen molar-refractivity contribution in [2.45, 2.75) is 0 Å². The number of aromatic nitrogens is 2. The van der Waals surface area contributed by atoms with Gasteiger partial charge in [-0.2, -0.15) is 0 Å². The van der Waals surface area contributed by atoms with Gasteiger partial charge in [0.25, 0.3) is 0 Å². The molecule has 2 rings (SSSR count). The number of nitrogens with one attached hydrogen (secondary N) is 1. The van der Waals surface area contributed by atoms with Crippen molar-refractivity contribution in [1.29, 1.82) is 0 Å². The molecule has 2 aromatic heterocycles. The number of anilines is 1. The van der Waals surface area contributed by atoms with Gasteiger partial charge in [0, 0.05) is 7.05 Å². The van der Waals surface area contributed by atoms with E-state index in [9.17, 15) is 0 Å². The molecule has 0 radical (unpaired) electrons. The molecule has 1 N–H and O–H groups in total. The summed E-state index contributed by atoms with van der Waals surface area (Å²) in [6.07, 6.45) is 3.56. The summed E-state index contributed by atoms with van der Waals surface area (Å²) in [5.41, 5.74) is 0.931. The monoisotopic (exact) mass is 191 g/mol. The van der Waals surface area contributed by atoms with Crippen LogP contribution in [0.4, 0.5) is 5.69 Å². The van der Waals surface area contributed by atoms with Crippen molar-refractivity contribution < 1.29 is 0 Å². The van der Waals surface area contributed by atoms with Crippen LogP contribution in [0.5, 0.6) is 0 Å². The molecule has 0 saturated carbocycles. The molecule has 66 valence electrons. The van der Waals surface area contributed by atoms with Crippen LogP contribution >= 0.6 is 11.3 Å². The van der Waals surface area contributed by atoms with Crippen LogP contribution in [-0.2, 0) is 0 Å². The number of hydrogen-bond donors (Lipinski definition) is 1. The third kappa shape index (κ3) is 1.67. The fourth-order valence-corrected chi connectivity index (χ4v) is 1.66. The molecule has 0 amide bonds. The first-order valence-electron chi connectivity index (χ1n) is 3.94. The predicted octanol–water partition coefficient (Wildman–Crippen LogP) is 2.25. The Kier molecular flexibility index (Phi) is 2.23. The maximum absolute atomic E-state index is 4.23. The second-order valence-corrected chi connectivity index (χ2v) is 3.47. The van der Waals surface area contributed by atoms with Crippen molar-refractivity contribution in [2.24, 2.45) is 0 Å². The number of nitrogens with zero attached hydrogens (tertiary/aromatic N) is 2. The molecule has 0 spiro atoms. The van der Waals surface area contributed by atoms with E-state index in [2.05, 4.69) is 15.3 Å². The average Bonchev–Trinajstić information content (AvgIpc) is 2.71. The summed E-state index contributed by atoms with van der Waals surface area (Å²) < 4.78 is 0. The molecule has 0 aromatic carbocycles. The minimum atomic E-state index is 0.786. The largest absolute Gasteiger partial charge is 0.386 e. The second kappa shape index (κ2) is 3.53. The Morgan fingerprint density at radius 2 is 2.08 bits per heavy atom. The van der Waals surface area contributed by atoms with Gasteiger partial charge in [-0.15, -0.1) is 11.3 Å². The van der Waals surface area contributed by atoms with E-state index in [0.29, 0.717) is 0 Å². The number of rotatable bonds is 2. The Bertz CT molecular complexity index is 366. The summed E-state index contributed by atoms with van der Waals surface area (Å²) in [4.78, 5) is 9.56. The van der Waals surface area contributed by atoms with Crippen molar-refractivity contribution in [3.8, 4) is 10.7 Å². The van der Waals surface area contributed by atoms with Gasteiger partial charge < -0.3 is 5.32 Å². The van der Waals surface area contributed by atoms with Crippen LogP contribution in [0, 0.1) is 0 Å². The van der Waals surface area contributed by atoms with E-state index in [1.54, 1.807) is 23.7 Å². The van der Waals surface area contributed by atoms with Gasteiger partial charge in [0.15, 0.2) is 5.82 Å². The van der Waals surface area contributed by atoms with E-state index >= 15 is 0 Å². The zero-order valence-corrected chi connectivity index (χ0v) is 8.01. The molecule has 0 aliphatic rings. The Labute approximate surface area is 80.5 Å². The van der Waals surface area contributed by atoms with Gasteiger partial charge >= 0.3 is 0 Å². The predicted molar refractivity (Wildman–Crippen MR) is 54.9 cm³/mol. The second-order valence-electron chi connectivity index (χ2n) is 2.52. The first-order valence-corrected chi connectivity index (χ1v) is 4.82. The lowest BCUT2D eigenvalue weighted by atomic mass is 10.4. The molecule has 0 aliphatic carbocycles. The maximum Gasteiger partial charge on any atom is 0.169 e. The zero-order chi connectivity index (χ0) is 9.10. The van der Waals surface area contributed by atoms with Crippen LogP contribution in [0.15, 0.2) is 29.9 Å². The standard InChI is InChI=1S/C9H9N3S/c1-10-7-5-11-9(12-6-7)8-3-2-4-13-8/h2-6,10H,1H3. The molecule has 0 fully saturated rings. The van der Waals surface area contributed by atoms with Gasteiger partial charge in [0.1, 0.15) is 0 Å². The van der Waals surface area contributed by atoms with Gasteiger partial charge in [-0.05, 0) is 11.4 Å². The van der Waals surface area contributed by atoms with Crippen LogP contribution in [0.3, 0.4) is 0 Å². The van der Waals surface area contributed by atoms with Crippen molar-refractivity contribution in [3.63, 3.8) is 0 Å². The minimum absolute atomic E-state index is 0.786. The molecular formula is C9H9N3S. The van der Waals surface area contributed by atoms with Crippen LogP contribution in [0.2, 0.25) is 0 Å². The number of thiophene rings is 1. The molecule has 2 aromatic rings. The van der Waals surface area contributed by atoms with Crippen molar-refractivity contribution in [3.05, 3.63) is 29.9 Å². The van der Waals surface area contributed by atoms with Crippen LogP contribution < -0.4 is 5.32 Å². The lowest BCUT2D eigenvalue weighted by molar-refractivity contribution is 1.18. The van der Waals surface area contributed by atoms with Gasteiger partial charge in [0.05, 0.1) is 23.0 Å². The molecule has 0 saturated heterocycles. The topological polar surface area (TPSA) is 37.8 Å². The third-order valence-electron chi connectivity index (χ3n) is 1.68. The fourth-order valence-electron chi connectivity index (χ4n) is 0.990. The Morgan fingerprint density at radius 1 is 1.31 bits per heavy atom. The normalized spacial score (nSPS) is 9.92. The molecule has 13 heavy (non-hydrogen) atoms. The third-order valence-corrected chi connectivity index (χ3v) is 2.55. The summed E-state index contributed by atoms with van der Waals surface area (Å²) in [5.74, 6) is 0.786. The molecule has 0 unspecified atom stereocenters.